The molecular formula is C8H17NO4S2. The van der Waals surface area contributed by atoms with Gasteiger partial charge in [0, 0.05) is 6.54 Å². The van der Waals surface area contributed by atoms with Gasteiger partial charge in [-0.25, -0.2) is 21.6 Å². The first-order valence-corrected chi connectivity index (χ1v) is 8.28. The van der Waals surface area contributed by atoms with Crippen LogP contribution in [-0.2, 0) is 19.9 Å². The Labute approximate surface area is 91.2 Å². The molecule has 0 spiro atoms. The molecular weight excluding hydrogens is 238 g/mol. The summed E-state index contributed by atoms with van der Waals surface area (Å²) in [6.07, 6.45) is 0.218. The van der Waals surface area contributed by atoms with Crippen LogP contribution in [0.2, 0.25) is 0 Å². The minimum atomic E-state index is -3.46. The number of sulfone groups is 1. The van der Waals surface area contributed by atoms with Crippen molar-refractivity contribution in [2.45, 2.75) is 25.5 Å². The first-order chi connectivity index (χ1) is 6.73. The van der Waals surface area contributed by atoms with E-state index < -0.39 is 25.1 Å². The predicted molar refractivity (Wildman–Crippen MR) is 58.8 cm³/mol. The van der Waals surface area contributed by atoms with E-state index >= 15 is 0 Å². The molecule has 0 bridgehead atoms. The molecule has 0 radical (unpaired) electrons. The minimum absolute atomic E-state index is 0.0136. The third kappa shape index (κ3) is 3.73. The van der Waals surface area contributed by atoms with Gasteiger partial charge in [0.2, 0.25) is 10.0 Å². The Morgan fingerprint density at radius 3 is 2.40 bits per heavy atom. The molecule has 0 aromatic heterocycles. The highest BCUT2D eigenvalue weighted by atomic mass is 32.2. The normalized spacial score (nSPS) is 25.9. The van der Waals surface area contributed by atoms with Crippen molar-refractivity contribution in [3.05, 3.63) is 0 Å². The Morgan fingerprint density at radius 2 is 2.00 bits per heavy atom. The Kier molecular flexibility index (Phi) is 3.78. The number of hydrogen-bond acceptors (Lipinski definition) is 4. The smallest absolute Gasteiger partial charge is 0.215 e. The third-order valence-corrected chi connectivity index (χ3v) is 6.15. The summed E-state index contributed by atoms with van der Waals surface area (Å²) in [6.45, 7) is 4.15. The molecule has 1 atom stereocenters. The van der Waals surface area contributed by atoms with Crippen molar-refractivity contribution in [3.8, 4) is 0 Å². The van der Waals surface area contributed by atoms with Crippen LogP contribution in [-0.4, -0.2) is 40.1 Å². The molecule has 1 heterocycles. The standard InChI is InChI=1S/C8H17NO4S2/c1-7(2)5-9-15(12,13)8-3-4-14(10,11)6-8/h7-9H,3-6H2,1-2H3. The minimum Gasteiger partial charge on any atom is -0.229 e. The highest BCUT2D eigenvalue weighted by Gasteiger charge is 2.36. The zero-order valence-electron chi connectivity index (χ0n) is 8.93. The van der Waals surface area contributed by atoms with Crippen LogP contribution in [0, 0.1) is 5.92 Å². The Hall–Kier alpha value is -0.140. The van der Waals surface area contributed by atoms with E-state index in [2.05, 4.69) is 4.72 Å². The van der Waals surface area contributed by atoms with Crippen molar-refractivity contribution in [1.82, 2.24) is 4.72 Å². The van der Waals surface area contributed by atoms with E-state index in [9.17, 15) is 16.8 Å². The lowest BCUT2D eigenvalue weighted by atomic mass is 10.2. The average Bonchev–Trinajstić information content (AvgIpc) is 2.43. The fourth-order valence-electron chi connectivity index (χ4n) is 1.41. The van der Waals surface area contributed by atoms with Crippen molar-refractivity contribution in [1.29, 1.82) is 0 Å². The van der Waals surface area contributed by atoms with Crippen molar-refractivity contribution in [2.75, 3.05) is 18.1 Å². The van der Waals surface area contributed by atoms with Gasteiger partial charge in [-0.2, -0.15) is 0 Å². The van der Waals surface area contributed by atoms with Crippen LogP contribution in [0.25, 0.3) is 0 Å². The number of hydrogen-bond donors (Lipinski definition) is 1. The maximum atomic E-state index is 11.6. The monoisotopic (exact) mass is 255 g/mol. The second-order valence-electron chi connectivity index (χ2n) is 4.31. The van der Waals surface area contributed by atoms with E-state index in [0.29, 0.717) is 6.54 Å². The molecule has 1 N–H and O–H groups in total. The molecule has 1 unspecified atom stereocenters. The summed E-state index contributed by atoms with van der Waals surface area (Å²) in [7, 11) is -6.59. The van der Waals surface area contributed by atoms with Crippen molar-refractivity contribution >= 4 is 19.9 Å². The van der Waals surface area contributed by atoms with Gasteiger partial charge in [-0.1, -0.05) is 13.8 Å². The average molecular weight is 255 g/mol. The number of sulfonamides is 1. The maximum absolute atomic E-state index is 11.6. The summed E-state index contributed by atoms with van der Waals surface area (Å²) in [6, 6.07) is 0. The van der Waals surface area contributed by atoms with E-state index in [4.69, 9.17) is 0 Å². The largest absolute Gasteiger partial charge is 0.229 e. The highest BCUT2D eigenvalue weighted by molar-refractivity contribution is 7.95. The van der Waals surface area contributed by atoms with Gasteiger partial charge in [-0.05, 0) is 12.3 Å². The summed E-state index contributed by atoms with van der Waals surface area (Å²) in [4.78, 5) is 0. The molecule has 5 nitrogen and oxygen atoms in total. The molecule has 1 fully saturated rings. The lowest BCUT2D eigenvalue weighted by molar-refractivity contribution is 0.549. The molecule has 0 aromatic carbocycles. The molecule has 7 heteroatoms. The van der Waals surface area contributed by atoms with Gasteiger partial charge in [0.05, 0.1) is 16.8 Å². The Bertz CT molecular complexity index is 410. The number of rotatable bonds is 4. The summed E-state index contributed by atoms with van der Waals surface area (Å²) in [5.41, 5.74) is 0. The zero-order valence-corrected chi connectivity index (χ0v) is 10.6. The van der Waals surface area contributed by atoms with E-state index in [0.717, 1.165) is 0 Å². The molecule has 0 aromatic rings. The van der Waals surface area contributed by atoms with E-state index in [1.165, 1.54) is 0 Å². The van der Waals surface area contributed by atoms with Gasteiger partial charge in [-0.3, -0.25) is 0 Å². The maximum Gasteiger partial charge on any atom is 0.215 e. The summed E-state index contributed by atoms with van der Waals surface area (Å²) in [5, 5.41) is -0.763. The number of nitrogens with one attached hydrogen (secondary N) is 1. The lowest BCUT2D eigenvalue weighted by Crippen LogP contribution is -2.37. The van der Waals surface area contributed by atoms with E-state index in [1.807, 2.05) is 13.8 Å². The van der Waals surface area contributed by atoms with Crippen LogP contribution in [0.3, 0.4) is 0 Å². The van der Waals surface area contributed by atoms with Gasteiger partial charge >= 0.3 is 0 Å². The van der Waals surface area contributed by atoms with Crippen molar-refractivity contribution < 1.29 is 16.8 Å². The van der Waals surface area contributed by atoms with Crippen LogP contribution in [0.5, 0.6) is 0 Å². The topological polar surface area (TPSA) is 80.3 Å². The predicted octanol–water partition coefficient (Wildman–Crippen LogP) is -0.251. The van der Waals surface area contributed by atoms with Crippen LogP contribution in [0.4, 0.5) is 0 Å². The molecule has 1 aliphatic rings. The fraction of sp³-hybridized carbons (Fsp3) is 1.00. The van der Waals surface area contributed by atoms with Crippen LogP contribution < -0.4 is 4.72 Å². The molecule has 0 saturated carbocycles. The van der Waals surface area contributed by atoms with Gasteiger partial charge in [0.25, 0.3) is 0 Å². The zero-order chi connectivity index (χ0) is 11.7. The second kappa shape index (κ2) is 4.39. The van der Waals surface area contributed by atoms with Crippen LogP contribution in [0.1, 0.15) is 20.3 Å². The second-order valence-corrected chi connectivity index (χ2v) is 8.59. The summed E-state index contributed by atoms with van der Waals surface area (Å²) < 4.78 is 48.0. The first-order valence-electron chi connectivity index (χ1n) is 4.92. The Balaban J connectivity index is 2.64. The summed E-state index contributed by atoms with van der Waals surface area (Å²) >= 11 is 0. The highest BCUT2D eigenvalue weighted by Crippen LogP contribution is 2.18. The molecule has 1 rings (SSSR count). The molecule has 1 saturated heterocycles. The first kappa shape index (κ1) is 12.9. The van der Waals surface area contributed by atoms with E-state index in [-0.39, 0.29) is 23.8 Å². The molecule has 0 aliphatic carbocycles. The van der Waals surface area contributed by atoms with Gasteiger partial charge in [-0.15, -0.1) is 0 Å². The molecule has 0 amide bonds. The fourth-order valence-corrected chi connectivity index (χ4v) is 5.67. The van der Waals surface area contributed by atoms with Crippen LogP contribution >= 0.6 is 0 Å². The SMILES string of the molecule is CC(C)CNS(=O)(=O)C1CCS(=O)(=O)C1. The quantitative estimate of drug-likeness (QED) is 0.751. The Morgan fingerprint density at radius 1 is 1.40 bits per heavy atom. The van der Waals surface area contributed by atoms with Gasteiger partial charge in [0.1, 0.15) is 0 Å². The third-order valence-electron chi connectivity index (χ3n) is 2.32. The molecule has 1 aliphatic heterocycles. The van der Waals surface area contributed by atoms with E-state index in [1.54, 1.807) is 0 Å². The van der Waals surface area contributed by atoms with Crippen molar-refractivity contribution in [2.24, 2.45) is 5.92 Å². The molecule has 90 valence electrons. The molecule has 15 heavy (non-hydrogen) atoms. The van der Waals surface area contributed by atoms with Crippen LogP contribution in [0.15, 0.2) is 0 Å². The van der Waals surface area contributed by atoms with Gasteiger partial charge < -0.3 is 0 Å². The lowest BCUT2D eigenvalue weighted by Gasteiger charge is -2.12. The van der Waals surface area contributed by atoms with Gasteiger partial charge in [0.15, 0.2) is 9.84 Å². The summed E-state index contributed by atoms with van der Waals surface area (Å²) in [5.74, 6) is -0.0292. The van der Waals surface area contributed by atoms with Crippen molar-refractivity contribution in [3.63, 3.8) is 0 Å².